The minimum atomic E-state index is -0.434. The summed E-state index contributed by atoms with van der Waals surface area (Å²) in [6, 6.07) is 6.00. The third-order valence-corrected chi connectivity index (χ3v) is 4.06. The quantitative estimate of drug-likeness (QED) is 0.775. The van der Waals surface area contributed by atoms with E-state index >= 15 is 0 Å². The Morgan fingerprint density at radius 3 is 2.42 bits per heavy atom. The SMILES string of the molecule is CCOC(=O)C1(c2ccc(C(C)(C)C)c(Cl)c2)CC1. The van der Waals surface area contributed by atoms with Gasteiger partial charge in [0.2, 0.25) is 0 Å². The molecule has 0 heterocycles. The summed E-state index contributed by atoms with van der Waals surface area (Å²) in [5.74, 6) is -0.116. The lowest BCUT2D eigenvalue weighted by molar-refractivity contribution is -0.146. The number of hydrogen-bond donors (Lipinski definition) is 0. The van der Waals surface area contributed by atoms with E-state index in [1.807, 2.05) is 25.1 Å². The molecule has 1 aliphatic rings. The number of hydrogen-bond acceptors (Lipinski definition) is 2. The van der Waals surface area contributed by atoms with E-state index in [0.717, 1.165) is 29.0 Å². The molecule has 0 amide bonds. The lowest BCUT2D eigenvalue weighted by Gasteiger charge is -2.22. The topological polar surface area (TPSA) is 26.3 Å². The molecule has 0 radical (unpaired) electrons. The molecule has 0 aliphatic heterocycles. The Bertz CT molecular complexity index is 496. The van der Waals surface area contributed by atoms with Crippen LogP contribution < -0.4 is 0 Å². The number of halogens is 1. The highest BCUT2D eigenvalue weighted by molar-refractivity contribution is 6.31. The van der Waals surface area contributed by atoms with E-state index in [4.69, 9.17) is 16.3 Å². The molecule has 0 atom stereocenters. The highest BCUT2D eigenvalue weighted by Gasteiger charge is 2.52. The van der Waals surface area contributed by atoms with E-state index < -0.39 is 5.41 Å². The van der Waals surface area contributed by atoms with E-state index in [9.17, 15) is 4.79 Å². The van der Waals surface area contributed by atoms with Gasteiger partial charge in [0.15, 0.2) is 0 Å². The Balaban J connectivity index is 2.33. The number of carbonyl (C=O) groups is 1. The van der Waals surface area contributed by atoms with Crippen LogP contribution in [0.3, 0.4) is 0 Å². The van der Waals surface area contributed by atoms with E-state index in [-0.39, 0.29) is 11.4 Å². The van der Waals surface area contributed by atoms with Gasteiger partial charge < -0.3 is 4.74 Å². The van der Waals surface area contributed by atoms with Crippen molar-refractivity contribution in [3.63, 3.8) is 0 Å². The highest BCUT2D eigenvalue weighted by atomic mass is 35.5. The van der Waals surface area contributed by atoms with Crippen LogP contribution in [0.5, 0.6) is 0 Å². The summed E-state index contributed by atoms with van der Waals surface area (Å²) in [5.41, 5.74) is 1.67. The molecule has 0 saturated heterocycles. The van der Waals surface area contributed by atoms with Crippen molar-refractivity contribution in [2.24, 2.45) is 0 Å². The zero-order valence-corrected chi connectivity index (χ0v) is 12.8. The van der Waals surface area contributed by atoms with Gasteiger partial charge in [-0.2, -0.15) is 0 Å². The van der Waals surface area contributed by atoms with Gasteiger partial charge in [0.25, 0.3) is 0 Å². The molecule has 0 aromatic heterocycles. The smallest absolute Gasteiger partial charge is 0.316 e. The molecule has 2 rings (SSSR count). The van der Waals surface area contributed by atoms with Crippen molar-refractivity contribution in [3.8, 4) is 0 Å². The molecule has 3 heteroatoms. The van der Waals surface area contributed by atoms with E-state index in [1.54, 1.807) is 0 Å². The molecule has 19 heavy (non-hydrogen) atoms. The van der Waals surface area contributed by atoms with E-state index in [0.29, 0.717) is 6.61 Å². The highest BCUT2D eigenvalue weighted by Crippen LogP contribution is 2.50. The van der Waals surface area contributed by atoms with Crippen molar-refractivity contribution in [2.75, 3.05) is 6.61 Å². The Morgan fingerprint density at radius 2 is 2.00 bits per heavy atom. The minimum Gasteiger partial charge on any atom is -0.465 e. The fraction of sp³-hybridized carbons (Fsp3) is 0.562. The summed E-state index contributed by atoms with van der Waals surface area (Å²) >= 11 is 6.38. The second-order valence-electron chi connectivity index (χ2n) is 6.25. The first kappa shape index (κ1) is 14.4. The summed E-state index contributed by atoms with van der Waals surface area (Å²) in [4.78, 5) is 12.1. The maximum absolute atomic E-state index is 12.1. The van der Waals surface area contributed by atoms with Gasteiger partial charge in [0, 0.05) is 5.02 Å². The lowest BCUT2D eigenvalue weighted by atomic mass is 9.85. The summed E-state index contributed by atoms with van der Waals surface area (Å²) < 4.78 is 5.18. The van der Waals surface area contributed by atoms with Gasteiger partial charge >= 0.3 is 5.97 Å². The number of rotatable bonds is 3. The summed E-state index contributed by atoms with van der Waals surface area (Å²) in [7, 11) is 0. The van der Waals surface area contributed by atoms with Gasteiger partial charge in [0.1, 0.15) is 0 Å². The van der Waals surface area contributed by atoms with Crippen LogP contribution >= 0.6 is 11.6 Å². The molecule has 104 valence electrons. The van der Waals surface area contributed by atoms with Crippen LogP contribution in [0.25, 0.3) is 0 Å². The Labute approximate surface area is 120 Å². The summed E-state index contributed by atoms with van der Waals surface area (Å²) in [5, 5.41) is 0.737. The van der Waals surface area contributed by atoms with Gasteiger partial charge in [-0.25, -0.2) is 0 Å². The largest absolute Gasteiger partial charge is 0.465 e. The van der Waals surface area contributed by atoms with Gasteiger partial charge in [-0.1, -0.05) is 44.5 Å². The van der Waals surface area contributed by atoms with Gasteiger partial charge in [0.05, 0.1) is 12.0 Å². The molecular weight excluding hydrogens is 260 g/mol. The lowest BCUT2D eigenvalue weighted by Crippen LogP contribution is -2.23. The monoisotopic (exact) mass is 280 g/mol. The van der Waals surface area contributed by atoms with Crippen molar-refractivity contribution in [2.45, 2.75) is 51.4 Å². The van der Waals surface area contributed by atoms with Crippen LogP contribution in [0.15, 0.2) is 18.2 Å². The zero-order valence-electron chi connectivity index (χ0n) is 12.0. The van der Waals surface area contributed by atoms with Crippen LogP contribution in [0.2, 0.25) is 5.02 Å². The zero-order chi connectivity index (χ0) is 14.3. The van der Waals surface area contributed by atoms with Gasteiger partial charge in [-0.15, -0.1) is 0 Å². The maximum Gasteiger partial charge on any atom is 0.316 e. The van der Waals surface area contributed by atoms with E-state index in [1.165, 1.54) is 0 Å². The Kier molecular flexibility index (Phi) is 3.65. The molecule has 0 spiro atoms. The summed E-state index contributed by atoms with van der Waals surface area (Å²) in [6.07, 6.45) is 1.72. The minimum absolute atomic E-state index is 0.0102. The molecule has 0 N–H and O–H groups in total. The molecule has 1 saturated carbocycles. The molecular formula is C16H21ClO2. The first-order chi connectivity index (χ1) is 8.81. The third kappa shape index (κ3) is 2.64. The van der Waals surface area contributed by atoms with Crippen molar-refractivity contribution in [3.05, 3.63) is 34.3 Å². The average molecular weight is 281 g/mol. The molecule has 0 bridgehead atoms. The van der Waals surface area contributed by atoms with Crippen LogP contribution in [-0.4, -0.2) is 12.6 Å². The fourth-order valence-electron chi connectivity index (χ4n) is 2.43. The first-order valence-electron chi connectivity index (χ1n) is 6.79. The van der Waals surface area contributed by atoms with Crippen molar-refractivity contribution in [1.29, 1.82) is 0 Å². The molecule has 1 aliphatic carbocycles. The van der Waals surface area contributed by atoms with E-state index in [2.05, 4.69) is 20.8 Å². The molecule has 1 aromatic carbocycles. The maximum atomic E-state index is 12.1. The number of carbonyl (C=O) groups excluding carboxylic acids is 1. The van der Waals surface area contributed by atoms with Crippen LogP contribution in [0.4, 0.5) is 0 Å². The van der Waals surface area contributed by atoms with Crippen LogP contribution in [0.1, 0.15) is 51.7 Å². The van der Waals surface area contributed by atoms with Crippen molar-refractivity contribution >= 4 is 17.6 Å². The fourth-order valence-corrected chi connectivity index (χ4v) is 2.89. The molecule has 0 unspecified atom stereocenters. The van der Waals surface area contributed by atoms with Crippen LogP contribution in [0, 0.1) is 0 Å². The number of ether oxygens (including phenoxy) is 1. The molecule has 1 fully saturated rings. The first-order valence-corrected chi connectivity index (χ1v) is 7.17. The predicted molar refractivity (Wildman–Crippen MR) is 77.7 cm³/mol. The Hall–Kier alpha value is -1.02. The van der Waals surface area contributed by atoms with Gasteiger partial charge in [-0.3, -0.25) is 4.79 Å². The second kappa shape index (κ2) is 4.82. The predicted octanol–water partition coefficient (Wildman–Crippen LogP) is 4.23. The average Bonchev–Trinajstić information content (AvgIpc) is 3.08. The van der Waals surface area contributed by atoms with Crippen LogP contribution in [-0.2, 0) is 20.4 Å². The molecule has 1 aromatic rings. The standard InChI is InChI=1S/C16H21ClO2/c1-5-19-14(18)16(8-9-16)11-6-7-12(13(17)10-11)15(2,3)4/h6-7,10H,5,8-9H2,1-4H3. The normalized spacial score (nSPS) is 17.1. The Morgan fingerprint density at radius 1 is 1.37 bits per heavy atom. The van der Waals surface area contributed by atoms with Crippen molar-refractivity contribution < 1.29 is 9.53 Å². The number of benzene rings is 1. The number of esters is 1. The van der Waals surface area contributed by atoms with Crippen molar-refractivity contribution in [1.82, 2.24) is 0 Å². The van der Waals surface area contributed by atoms with Gasteiger partial charge in [-0.05, 0) is 42.4 Å². The second-order valence-corrected chi connectivity index (χ2v) is 6.65. The summed E-state index contributed by atoms with van der Waals surface area (Å²) in [6.45, 7) is 8.66. The molecule has 2 nitrogen and oxygen atoms in total. The third-order valence-electron chi connectivity index (χ3n) is 3.75.